The molecule has 1 heterocycles. The summed E-state index contributed by atoms with van der Waals surface area (Å²) >= 11 is 0. The second-order valence-electron chi connectivity index (χ2n) is 7.94. The average Bonchev–Trinajstić information content (AvgIpc) is 2.85. The lowest BCUT2D eigenvalue weighted by molar-refractivity contribution is -0.111. The Labute approximate surface area is 205 Å². The van der Waals surface area contributed by atoms with E-state index in [2.05, 4.69) is 15.3 Å². The normalized spacial score (nSPS) is 11.1. The van der Waals surface area contributed by atoms with Crippen molar-refractivity contribution in [2.24, 2.45) is 0 Å². The lowest BCUT2D eigenvalue weighted by atomic mass is 10.0. The number of hydrogen-bond acceptors (Lipinski definition) is 5. The number of ether oxygens (including phenoxy) is 2. The Morgan fingerprint density at radius 3 is 2.11 bits per heavy atom. The molecule has 0 aliphatic carbocycles. The molecular weight excluding hydrogens is 438 g/mol. The highest BCUT2D eigenvalue weighted by Gasteiger charge is 2.13. The first-order chi connectivity index (χ1) is 17.0. The van der Waals surface area contributed by atoms with Crippen molar-refractivity contribution in [2.45, 2.75) is 20.8 Å². The number of aryl methyl sites for hydroxylation is 2. The lowest BCUT2D eigenvalue weighted by Gasteiger charge is -2.11. The molecule has 0 spiro atoms. The van der Waals surface area contributed by atoms with Crippen molar-refractivity contribution in [1.29, 1.82) is 0 Å². The summed E-state index contributed by atoms with van der Waals surface area (Å²) in [6, 6.07) is 26.5. The van der Waals surface area contributed by atoms with E-state index in [0.717, 1.165) is 28.3 Å². The molecule has 1 amide bonds. The Balaban J connectivity index is 1.52. The van der Waals surface area contributed by atoms with E-state index in [-0.39, 0.29) is 5.91 Å². The zero-order valence-electron chi connectivity index (χ0n) is 20.0. The number of amides is 1. The van der Waals surface area contributed by atoms with E-state index in [0.29, 0.717) is 29.6 Å². The van der Waals surface area contributed by atoms with Gasteiger partial charge in [-0.25, -0.2) is 9.97 Å². The van der Waals surface area contributed by atoms with Crippen LogP contribution in [-0.4, -0.2) is 22.5 Å². The molecule has 6 heteroatoms. The smallest absolute Gasteiger partial charge is 0.322 e. The van der Waals surface area contributed by atoms with Crippen LogP contribution in [0.3, 0.4) is 0 Å². The molecule has 0 aliphatic rings. The van der Waals surface area contributed by atoms with Crippen LogP contribution in [0.1, 0.15) is 29.4 Å². The van der Waals surface area contributed by atoms with Gasteiger partial charge in [0.2, 0.25) is 0 Å². The van der Waals surface area contributed by atoms with Gasteiger partial charge in [0.25, 0.3) is 5.91 Å². The minimum Gasteiger partial charge on any atom is -0.494 e. The summed E-state index contributed by atoms with van der Waals surface area (Å²) in [4.78, 5) is 21.9. The summed E-state index contributed by atoms with van der Waals surface area (Å²) < 4.78 is 11.3. The van der Waals surface area contributed by atoms with Gasteiger partial charge in [-0.3, -0.25) is 4.79 Å². The quantitative estimate of drug-likeness (QED) is 0.239. The van der Waals surface area contributed by atoms with E-state index >= 15 is 0 Å². The lowest BCUT2D eigenvalue weighted by Crippen LogP contribution is -2.13. The molecule has 4 aromatic rings. The first kappa shape index (κ1) is 23.7. The van der Waals surface area contributed by atoms with Crippen LogP contribution in [0.25, 0.3) is 11.6 Å². The van der Waals surface area contributed by atoms with E-state index in [9.17, 15) is 4.79 Å². The van der Waals surface area contributed by atoms with Crippen molar-refractivity contribution in [1.82, 2.24) is 9.97 Å². The van der Waals surface area contributed by atoms with Gasteiger partial charge in [-0.05, 0) is 80.4 Å². The predicted octanol–water partition coefficient (Wildman–Crippen LogP) is 6.46. The third-order valence-electron chi connectivity index (χ3n) is 5.11. The number of nitrogens with zero attached hydrogens (tertiary/aromatic N) is 2. The Hall–Kier alpha value is -4.45. The van der Waals surface area contributed by atoms with Crippen molar-refractivity contribution in [3.8, 4) is 17.5 Å². The van der Waals surface area contributed by atoms with Crippen LogP contribution in [0.15, 0.2) is 84.9 Å². The molecule has 0 atom stereocenters. The molecule has 3 aromatic carbocycles. The Morgan fingerprint density at radius 2 is 1.49 bits per heavy atom. The molecule has 0 radical (unpaired) electrons. The van der Waals surface area contributed by atoms with Crippen LogP contribution in [0, 0.1) is 13.8 Å². The van der Waals surface area contributed by atoms with Gasteiger partial charge in [0.1, 0.15) is 11.5 Å². The van der Waals surface area contributed by atoms with Crippen molar-refractivity contribution in [3.05, 3.63) is 107 Å². The summed E-state index contributed by atoms with van der Waals surface area (Å²) in [5, 5.41) is 2.98. The molecule has 176 valence electrons. The highest BCUT2D eigenvalue weighted by atomic mass is 16.5. The fourth-order valence-corrected chi connectivity index (χ4v) is 3.54. The SMILES string of the molecule is CCOc1ccc(/C=C(/C(=O)Nc2ccc(Oc3nc(C)cc(C)n3)cc2)c2ccccc2)cc1. The average molecular weight is 466 g/mol. The Bertz CT molecular complexity index is 1300. The van der Waals surface area contributed by atoms with Crippen molar-refractivity contribution in [2.75, 3.05) is 11.9 Å². The van der Waals surface area contributed by atoms with Gasteiger partial charge in [-0.1, -0.05) is 42.5 Å². The first-order valence-electron chi connectivity index (χ1n) is 11.4. The van der Waals surface area contributed by atoms with Crippen LogP contribution in [0.4, 0.5) is 5.69 Å². The van der Waals surface area contributed by atoms with Crippen molar-refractivity contribution < 1.29 is 14.3 Å². The number of carbonyl (C=O) groups excluding carboxylic acids is 1. The summed E-state index contributed by atoms with van der Waals surface area (Å²) in [5.41, 5.74) is 4.61. The van der Waals surface area contributed by atoms with Crippen LogP contribution in [-0.2, 0) is 4.79 Å². The number of rotatable bonds is 8. The third-order valence-corrected chi connectivity index (χ3v) is 5.11. The highest BCUT2D eigenvalue weighted by Crippen LogP contribution is 2.24. The van der Waals surface area contributed by atoms with Crippen LogP contribution >= 0.6 is 0 Å². The number of benzene rings is 3. The summed E-state index contributed by atoms with van der Waals surface area (Å²) in [7, 11) is 0. The predicted molar refractivity (Wildman–Crippen MR) is 139 cm³/mol. The standard InChI is InChI=1S/C29H27N3O3/c1-4-34-25-14-10-22(11-15-25)19-27(23-8-6-5-7-9-23)28(33)32-24-12-16-26(17-13-24)35-29-30-20(2)18-21(3)31-29/h5-19H,4H2,1-3H3,(H,32,33)/b27-19+. The maximum atomic E-state index is 13.3. The van der Waals surface area contributed by atoms with Gasteiger partial charge in [-0.15, -0.1) is 0 Å². The van der Waals surface area contributed by atoms with Gasteiger partial charge in [0.15, 0.2) is 0 Å². The molecule has 1 N–H and O–H groups in total. The van der Waals surface area contributed by atoms with Crippen molar-refractivity contribution in [3.63, 3.8) is 0 Å². The molecule has 0 saturated heterocycles. The number of hydrogen-bond donors (Lipinski definition) is 1. The first-order valence-corrected chi connectivity index (χ1v) is 11.4. The second-order valence-corrected chi connectivity index (χ2v) is 7.94. The molecule has 0 unspecified atom stereocenters. The molecule has 0 aliphatic heterocycles. The zero-order chi connectivity index (χ0) is 24.6. The monoisotopic (exact) mass is 465 g/mol. The summed E-state index contributed by atoms with van der Waals surface area (Å²) in [5.74, 6) is 1.17. The van der Waals surface area contributed by atoms with Gasteiger partial charge in [0.05, 0.1) is 6.61 Å². The number of anilines is 1. The van der Waals surface area contributed by atoms with Gasteiger partial charge < -0.3 is 14.8 Å². The molecule has 35 heavy (non-hydrogen) atoms. The highest BCUT2D eigenvalue weighted by molar-refractivity contribution is 6.29. The summed E-state index contributed by atoms with van der Waals surface area (Å²) in [6.45, 7) is 6.34. The molecule has 6 nitrogen and oxygen atoms in total. The van der Waals surface area contributed by atoms with Crippen LogP contribution in [0.2, 0.25) is 0 Å². The number of carbonyl (C=O) groups is 1. The second kappa shape index (κ2) is 11.1. The number of aromatic nitrogens is 2. The minimum absolute atomic E-state index is 0.212. The fraction of sp³-hybridized carbons (Fsp3) is 0.138. The van der Waals surface area contributed by atoms with E-state index < -0.39 is 0 Å². The van der Waals surface area contributed by atoms with Gasteiger partial charge in [-0.2, -0.15) is 0 Å². The molecule has 0 bridgehead atoms. The maximum Gasteiger partial charge on any atom is 0.322 e. The van der Waals surface area contributed by atoms with E-state index in [1.165, 1.54) is 0 Å². The van der Waals surface area contributed by atoms with E-state index in [1.807, 2.05) is 87.5 Å². The topological polar surface area (TPSA) is 73.3 Å². The third kappa shape index (κ3) is 6.54. The number of nitrogens with one attached hydrogen (secondary N) is 1. The maximum absolute atomic E-state index is 13.3. The van der Waals surface area contributed by atoms with Crippen molar-refractivity contribution >= 4 is 23.2 Å². The Morgan fingerprint density at radius 1 is 0.857 bits per heavy atom. The summed E-state index contributed by atoms with van der Waals surface area (Å²) in [6.07, 6.45) is 1.87. The largest absolute Gasteiger partial charge is 0.494 e. The van der Waals surface area contributed by atoms with E-state index in [4.69, 9.17) is 9.47 Å². The van der Waals surface area contributed by atoms with Crippen LogP contribution < -0.4 is 14.8 Å². The minimum atomic E-state index is -0.212. The molecular formula is C29H27N3O3. The molecule has 1 aromatic heterocycles. The van der Waals surface area contributed by atoms with Gasteiger partial charge in [0, 0.05) is 22.6 Å². The molecule has 0 fully saturated rings. The Kier molecular flexibility index (Phi) is 7.53. The zero-order valence-corrected chi connectivity index (χ0v) is 20.0. The molecule has 4 rings (SSSR count). The fourth-order valence-electron chi connectivity index (χ4n) is 3.54. The molecule has 0 saturated carbocycles. The van der Waals surface area contributed by atoms with Crippen LogP contribution in [0.5, 0.6) is 17.5 Å². The van der Waals surface area contributed by atoms with Gasteiger partial charge >= 0.3 is 6.01 Å². The van der Waals surface area contributed by atoms with E-state index in [1.54, 1.807) is 24.3 Å².